The van der Waals surface area contributed by atoms with Crippen molar-refractivity contribution < 1.29 is 23.7 Å². The molecular weight excluding hydrogens is 294 g/mol. The monoisotopic (exact) mass is 299 g/mol. The molecule has 0 bridgehead atoms. The van der Waals surface area contributed by atoms with Crippen LogP contribution in [0.2, 0.25) is 0 Å². The van der Waals surface area contributed by atoms with Gasteiger partial charge in [-0.1, -0.05) is 0 Å². The molecule has 0 aliphatic carbocycles. The van der Waals surface area contributed by atoms with Crippen LogP contribution < -0.4 is 0 Å². The van der Waals surface area contributed by atoms with E-state index in [2.05, 4.69) is 4.98 Å². The first kappa shape index (κ1) is 6.59. The number of carbonyl (C=O) groups excluding carboxylic acids is 1. The summed E-state index contributed by atoms with van der Waals surface area (Å²) >= 11 is 1.50. The quantitative estimate of drug-likeness (QED) is 0.766. The molecular formula is C6H4IrNO+2. The normalized spacial score (nSPS) is 9.00. The molecule has 1 heterocycles. The van der Waals surface area contributed by atoms with Crippen LogP contribution in [0, 0.1) is 0 Å². The van der Waals surface area contributed by atoms with Crippen molar-refractivity contribution in [2.24, 2.45) is 0 Å². The van der Waals surface area contributed by atoms with Crippen molar-refractivity contribution in [3.05, 3.63) is 30.1 Å². The molecule has 0 fully saturated rings. The molecule has 0 saturated carbocycles. The van der Waals surface area contributed by atoms with Gasteiger partial charge in [-0.15, -0.1) is 0 Å². The van der Waals surface area contributed by atoms with Gasteiger partial charge < -0.3 is 0 Å². The van der Waals surface area contributed by atoms with Crippen LogP contribution in [-0.4, -0.2) is 9.28 Å². The van der Waals surface area contributed by atoms with E-state index < -0.39 is 0 Å². The number of carbonyl (C=O) groups is 1. The second kappa shape index (κ2) is 2.85. The molecule has 0 saturated heterocycles. The molecule has 46 valence electrons. The molecule has 0 radical (unpaired) electrons. The number of nitrogens with zero attached hydrogens (tertiary/aromatic N) is 1. The number of hydrogen-bond donors (Lipinski definition) is 0. The molecule has 9 heavy (non-hydrogen) atoms. The predicted molar refractivity (Wildman–Crippen MR) is 28.6 cm³/mol. The summed E-state index contributed by atoms with van der Waals surface area (Å²) in [4.78, 5) is 14.4. The second-order valence-electron chi connectivity index (χ2n) is 1.47. The third-order valence-corrected chi connectivity index (χ3v) is 1.47. The maximum atomic E-state index is 10.6. The van der Waals surface area contributed by atoms with Crippen LogP contribution >= 0.6 is 0 Å². The van der Waals surface area contributed by atoms with Crippen LogP contribution in [0.25, 0.3) is 0 Å². The van der Waals surface area contributed by atoms with E-state index in [1.165, 1.54) is 18.9 Å². The summed E-state index contributed by atoms with van der Waals surface area (Å²) in [5.74, 6) is 0. The molecule has 0 unspecified atom stereocenters. The summed E-state index contributed by atoms with van der Waals surface area (Å²) in [7, 11) is 0. The van der Waals surface area contributed by atoms with Gasteiger partial charge >= 0.3 is 63.1 Å². The SMILES string of the molecule is O=[C]([Ir+2])c1ccccn1. The van der Waals surface area contributed by atoms with Gasteiger partial charge in [-0.25, -0.2) is 0 Å². The standard InChI is InChI=1S/C6H4NO.Ir/c8-5-6-3-1-2-4-7-6;/h1-4H;/q;+2. The molecule has 0 aliphatic heterocycles. The fourth-order valence-corrected chi connectivity index (χ4v) is 0.827. The maximum absolute atomic E-state index is 10.6. The Bertz CT molecular complexity index is 210. The fraction of sp³-hybridized carbons (Fsp3) is 0. The van der Waals surface area contributed by atoms with Crippen molar-refractivity contribution in [2.45, 2.75) is 0 Å². The van der Waals surface area contributed by atoms with Crippen LogP contribution in [0.1, 0.15) is 10.5 Å². The van der Waals surface area contributed by atoms with E-state index in [9.17, 15) is 4.79 Å². The van der Waals surface area contributed by atoms with E-state index in [1.54, 1.807) is 24.4 Å². The van der Waals surface area contributed by atoms with Crippen LogP contribution in [0.3, 0.4) is 0 Å². The van der Waals surface area contributed by atoms with Gasteiger partial charge in [-0.3, -0.25) is 0 Å². The first-order chi connectivity index (χ1) is 4.30. The Balaban J connectivity index is 2.98. The average Bonchev–Trinajstić information content (AvgIpc) is 1.90. The Kier molecular flexibility index (Phi) is 2.09. The zero-order valence-corrected chi connectivity index (χ0v) is 6.89. The van der Waals surface area contributed by atoms with E-state index in [0.29, 0.717) is 5.69 Å². The Morgan fingerprint density at radius 1 is 1.56 bits per heavy atom. The van der Waals surface area contributed by atoms with E-state index >= 15 is 0 Å². The minimum absolute atomic E-state index is 0.00981. The minimum atomic E-state index is 0.00981. The first-order valence-corrected chi connectivity index (χ1v) is 3.59. The third-order valence-electron chi connectivity index (χ3n) is 0.855. The Labute approximate surface area is 63.5 Å². The zero-order valence-electron chi connectivity index (χ0n) is 4.50. The van der Waals surface area contributed by atoms with Crippen molar-refractivity contribution in [3.63, 3.8) is 0 Å². The van der Waals surface area contributed by atoms with E-state index in [1.807, 2.05) is 0 Å². The van der Waals surface area contributed by atoms with Gasteiger partial charge in [-0.05, 0) is 0 Å². The van der Waals surface area contributed by atoms with Crippen molar-refractivity contribution in [1.29, 1.82) is 0 Å². The molecule has 0 atom stereocenters. The summed E-state index contributed by atoms with van der Waals surface area (Å²) < 4.78 is 0.00981. The summed E-state index contributed by atoms with van der Waals surface area (Å²) in [6.07, 6.45) is 1.61. The first-order valence-electron chi connectivity index (χ1n) is 2.39. The zero-order chi connectivity index (χ0) is 6.69. The van der Waals surface area contributed by atoms with Gasteiger partial charge in [0.25, 0.3) is 0 Å². The van der Waals surface area contributed by atoms with Crippen LogP contribution in [0.4, 0.5) is 0 Å². The van der Waals surface area contributed by atoms with Gasteiger partial charge in [0.15, 0.2) is 0 Å². The molecule has 1 rings (SSSR count). The van der Waals surface area contributed by atoms with Crippen LogP contribution in [0.15, 0.2) is 24.4 Å². The molecule has 0 spiro atoms. The molecule has 3 heteroatoms. The number of pyridine rings is 1. The Hall–Kier alpha value is -0.531. The van der Waals surface area contributed by atoms with Crippen molar-refractivity contribution >= 4 is 4.30 Å². The third kappa shape index (κ3) is 1.70. The van der Waals surface area contributed by atoms with E-state index in [-0.39, 0.29) is 4.30 Å². The molecule has 2 nitrogen and oxygen atoms in total. The molecule has 0 aromatic carbocycles. The molecule has 0 aliphatic rings. The van der Waals surface area contributed by atoms with Gasteiger partial charge in [0, 0.05) is 0 Å². The topological polar surface area (TPSA) is 30.0 Å². The van der Waals surface area contributed by atoms with Crippen LogP contribution in [-0.2, 0) is 18.9 Å². The summed E-state index contributed by atoms with van der Waals surface area (Å²) in [5.41, 5.74) is 0.525. The van der Waals surface area contributed by atoms with Gasteiger partial charge in [0.1, 0.15) is 0 Å². The van der Waals surface area contributed by atoms with E-state index in [0.717, 1.165) is 0 Å². The molecule has 1 aromatic heterocycles. The Morgan fingerprint density at radius 3 is 2.67 bits per heavy atom. The van der Waals surface area contributed by atoms with Crippen molar-refractivity contribution in [2.75, 3.05) is 0 Å². The fourth-order valence-electron chi connectivity index (χ4n) is 0.472. The molecule has 1 aromatic rings. The predicted octanol–water partition coefficient (Wildman–Crippen LogP) is 0.769. The van der Waals surface area contributed by atoms with Gasteiger partial charge in [0.2, 0.25) is 0 Å². The average molecular weight is 298 g/mol. The van der Waals surface area contributed by atoms with Crippen LogP contribution in [0.5, 0.6) is 0 Å². The second-order valence-corrected chi connectivity index (χ2v) is 2.56. The van der Waals surface area contributed by atoms with Crippen molar-refractivity contribution in [3.8, 4) is 0 Å². The Morgan fingerprint density at radius 2 is 2.33 bits per heavy atom. The van der Waals surface area contributed by atoms with Gasteiger partial charge in [-0.2, -0.15) is 0 Å². The number of rotatable bonds is 1. The number of hydrogen-bond acceptors (Lipinski definition) is 2. The molecule has 0 N–H and O–H groups in total. The summed E-state index contributed by atoms with van der Waals surface area (Å²) in [6, 6.07) is 5.28. The van der Waals surface area contributed by atoms with Gasteiger partial charge in [0.05, 0.1) is 0 Å². The summed E-state index contributed by atoms with van der Waals surface area (Å²) in [6.45, 7) is 0. The summed E-state index contributed by atoms with van der Waals surface area (Å²) in [5, 5.41) is 0. The molecule has 0 amide bonds. The van der Waals surface area contributed by atoms with Crippen molar-refractivity contribution in [1.82, 2.24) is 4.98 Å². The number of aromatic nitrogens is 1. The van der Waals surface area contributed by atoms with E-state index in [4.69, 9.17) is 0 Å².